The average molecular weight is 289 g/mol. The van der Waals surface area contributed by atoms with Crippen LogP contribution in [0.3, 0.4) is 0 Å². The molecule has 0 bridgehead atoms. The van der Waals surface area contributed by atoms with Crippen LogP contribution in [0.5, 0.6) is 0 Å². The standard InChI is InChI=1S/C18H31N3/c1-5-6-19-18(14-21-9-7-20(4)8-10-21)17-12-15(2)11-16(3)13-17/h11-13,18-19H,5-10,14H2,1-4H3. The number of rotatable bonds is 6. The number of aryl methyl sites for hydroxylation is 2. The SMILES string of the molecule is CCCNC(CN1CCN(C)CC1)c1cc(C)cc(C)c1. The summed E-state index contributed by atoms with van der Waals surface area (Å²) in [5, 5.41) is 3.74. The highest BCUT2D eigenvalue weighted by Crippen LogP contribution is 2.19. The zero-order valence-electron chi connectivity index (χ0n) is 14.2. The molecule has 1 saturated heterocycles. The van der Waals surface area contributed by atoms with Gasteiger partial charge in [-0.1, -0.05) is 36.2 Å². The van der Waals surface area contributed by atoms with E-state index in [1.54, 1.807) is 0 Å². The number of piperazine rings is 1. The fourth-order valence-corrected chi connectivity index (χ4v) is 3.11. The maximum atomic E-state index is 3.74. The third kappa shape index (κ3) is 5.10. The Labute approximate surface area is 130 Å². The predicted molar refractivity (Wildman–Crippen MR) is 90.9 cm³/mol. The van der Waals surface area contributed by atoms with Gasteiger partial charge in [0.2, 0.25) is 0 Å². The third-order valence-electron chi connectivity index (χ3n) is 4.32. The van der Waals surface area contributed by atoms with Crippen molar-refractivity contribution in [1.29, 1.82) is 0 Å². The Kier molecular flexibility index (Phi) is 6.22. The fourth-order valence-electron chi connectivity index (χ4n) is 3.11. The second kappa shape index (κ2) is 7.92. The van der Waals surface area contributed by atoms with Crippen molar-refractivity contribution in [3.63, 3.8) is 0 Å². The van der Waals surface area contributed by atoms with Gasteiger partial charge in [-0.25, -0.2) is 0 Å². The van der Waals surface area contributed by atoms with E-state index in [4.69, 9.17) is 0 Å². The summed E-state index contributed by atoms with van der Waals surface area (Å²) < 4.78 is 0. The first-order chi connectivity index (χ1) is 10.1. The van der Waals surface area contributed by atoms with Crippen molar-refractivity contribution < 1.29 is 0 Å². The van der Waals surface area contributed by atoms with Gasteiger partial charge in [0.1, 0.15) is 0 Å². The largest absolute Gasteiger partial charge is 0.309 e. The molecule has 1 aliphatic heterocycles. The van der Waals surface area contributed by atoms with Gasteiger partial charge in [0, 0.05) is 38.8 Å². The second-order valence-electron chi connectivity index (χ2n) is 6.53. The van der Waals surface area contributed by atoms with Crippen molar-refractivity contribution >= 4 is 0 Å². The zero-order chi connectivity index (χ0) is 15.2. The van der Waals surface area contributed by atoms with Crippen LogP contribution in [0.25, 0.3) is 0 Å². The van der Waals surface area contributed by atoms with Crippen molar-refractivity contribution in [3.8, 4) is 0 Å². The van der Waals surface area contributed by atoms with Gasteiger partial charge >= 0.3 is 0 Å². The number of benzene rings is 1. The molecule has 118 valence electrons. The molecular formula is C18H31N3. The summed E-state index contributed by atoms with van der Waals surface area (Å²) >= 11 is 0. The van der Waals surface area contributed by atoms with Crippen molar-refractivity contribution in [2.75, 3.05) is 46.3 Å². The van der Waals surface area contributed by atoms with Crippen LogP contribution in [0, 0.1) is 13.8 Å². The van der Waals surface area contributed by atoms with E-state index in [2.05, 4.69) is 61.1 Å². The zero-order valence-corrected chi connectivity index (χ0v) is 14.2. The first-order valence-electron chi connectivity index (χ1n) is 8.31. The minimum Gasteiger partial charge on any atom is -0.309 e. The Balaban J connectivity index is 2.06. The number of likely N-dealkylation sites (N-methyl/N-ethyl adjacent to an activating group) is 1. The molecule has 21 heavy (non-hydrogen) atoms. The van der Waals surface area contributed by atoms with Gasteiger partial charge < -0.3 is 10.2 Å². The molecule has 3 heteroatoms. The lowest BCUT2D eigenvalue weighted by Gasteiger charge is -2.35. The molecule has 1 N–H and O–H groups in total. The van der Waals surface area contributed by atoms with Crippen LogP contribution in [0.4, 0.5) is 0 Å². The van der Waals surface area contributed by atoms with Crippen molar-refractivity contribution in [1.82, 2.24) is 15.1 Å². The van der Waals surface area contributed by atoms with Gasteiger partial charge in [-0.15, -0.1) is 0 Å². The Morgan fingerprint density at radius 1 is 1.05 bits per heavy atom. The Morgan fingerprint density at radius 3 is 2.24 bits per heavy atom. The van der Waals surface area contributed by atoms with Crippen LogP contribution in [0.15, 0.2) is 18.2 Å². The van der Waals surface area contributed by atoms with E-state index >= 15 is 0 Å². The summed E-state index contributed by atoms with van der Waals surface area (Å²) in [6.45, 7) is 13.6. The topological polar surface area (TPSA) is 18.5 Å². The quantitative estimate of drug-likeness (QED) is 0.868. The average Bonchev–Trinajstić information content (AvgIpc) is 2.44. The Morgan fingerprint density at radius 2 is 1.67 bits per heavy atom. The van der Waals surface area contributed by atoms with Crippen molar-refractivity contribution in [2.24, 2.45) is 0 Å². The molecule has 3 nitrogen and oxygen atoms in total. The maximum absolute atomic E-state index is 3.74. The van der Waals surface area contributed by atoms with Crippen LogP contribution in [-0.4, -0.2) is 56.1 Å². The van der Waals surface area contributed by atoms with Gasteiger partial charge in [-0.05, 0) is 39.4 Å². The van der Waals surface area contributed by atoms with E-state index < -0.39 is 0 Å². The van der Waals surface area contributed by atoms with E-state index in [0.29, 0.717) is 6.04 Å². The molecule has 1 fully saturated rings. The summed E-state index contributed by atoms with van der Waals surface area (Å²) in [4.78, 5) is 5.02. The van der Waals surface area contributed by atoms with Gasteiger partial charge in [0.15, 0.2) is 0 Å². The van der Waals surface area contributed by atoms with E-state index in [-0.39, 0.29) is 0 Å². The highest BCUT2D eigenvalue weighted by Gasteiger charge is 2.19. The fraction of sp³-hybridized carbons (Fsp3) is 0.667. The minimum absolute atomic E-state index is 0.451. The van der Waals surface area contributed by atoms with E-state index in [1.807, 2.05) is 0 Å². The normalized spacial score (nSPS) is 18.9. The molecule has 1 aromatic rings. The molecule has 0 aromatic heterocycles. The number of hydrogen-bond donors (Lipinski definition) is 1. The molecule has 1 heterocycles. The van der Waals surface area contributed by atoms with E-state index in [1.165, 1.54) is 49.3 Å². The van der Waals surface area contributed by atoms with Crippen molar-refractivity contribution in [2.45, 2.75) is 33.2 Å². The monoisotopic (exact) mass is 289 g/mol. The Hall–Kier alpha value is -0.900. The highest BCUT2D eigenvalue weighted by atomic mass is 15.3. The number of nitrogens with one attached hydrogen (secondary N) is 1. The summed E-state index contributed by atoms with van der Waals surface area (Å²) in [7, 11) is 2.22. The maximum Gasteiger partial charge on any atom is 0.0449 e. The summed E-state index contributed by atoms with van der Waals surface area (Å²) in [5.41, 5.74) is 4.18. The highest BCUT2D eigenvalue weighted by molar-refractivity contribution is 5.31. The second-order valence-corrected chi connectivity index (χ2v) is 6.53. The molecule has 1 aromatic carbocycles. The summed E-state index contributed by atoms with van der Waals surface area (Å²) in [6.07, 6.45) is 1.18. The van der Waals surface area contributed by atoms with E-state index in [0.717, 1.165) is 13.1 Å². The van der Waals surface area contributed by atoms with Crippen LogP contribution < -0.4 is 5.32 Å². The van der Waals surface area contributed by atoms with E-state index in [9.17, 15) is 0 Å². The molecule has 1 unspecified atom stereocenters. The molecule has 1 aliphatic rings. The lowest BCUT2D eigenvalue weighted by molar-refractivity contribution is 0.142. The molecule has 2 rings (SSSR count). The number of hydrogen-bond acceptors (Lipinski definition) is 3. The molecular weight excluding hydrogens is 258 g/mol. The van der Waals surface area contributed by atoms with Crippen LogP contribution >= 0.6 is 0 Å². The van der Waals surface area contributed by atoms with Gasteiger partial charge in [-0.3, -0.25) is 4.90 Å². The van der Waals surface area contributed by atoms with Gasteiger partial charge in [-0.2, -0.15) is 0 Å². The lowest BCUT2D eigenvalue weighted by Crippen LogP contribution is -2.47. The number of nitrogens with zero attached hydrogens (tertiary/aromatic N) is 2. The molecule has 0 spiro atoms. The van der Waals surface area contributed by atoms with Gasteiger partial charge in [0.25, 0.3) is 0 Å². The van der Waals surface area contributed by atoms with Crippen LogP contribution in [0.2, 0.25) is 0 Å². The summed E-state index contributed by atoms with van der Waals surface area (Å²) in [5.74, 6) is 0. The smallest absolute Gasteiger partial charge is 0.0449 e. The van der Waals surface area contributed by atoms with Crippen LogP contribution in [0.1, 0.15) is 36.1 Å². The van der Waals surface area contributed by atoms with Gasteiger partial charge in [0.05, 0.1) is 0 Å². The first-order valence-corrected chi connectivity index (χ1v) is 8.31. The van der Waals surface area contributed by atoms with Crippen LogP contribution in [-0.2, 0) is 0 Å². The molecule has 0 amide bonds. The lowest BCUT2D eigenvalue weighted by atomic mass is 10.0. The minimum atomic E-state index is 0.451. The third-order valence-corrected chi connectivity index (χ3v) is 4.32. The first kappa shape index (κ1) is 16.5. The molecule has 1 atom stereocenters. The Bertz CT molecular complexity index is 416. The molecule has 0 aliphatic carbocycles. The predicted octanol–water partition coefficient (Wildman–Crippen LogP) is 2.59. The molecule has 0 saturated carbocycles. The van der Waals surface area contributed by atoms with Crippen molar-refractivity contribution in [3.05, 3.63) is 34.9 Å². The molecule has 0 radical (unpaired) electrons. The summed E-state index contributed by atoms with van der Waals surface area (Å²) in [6, 6.07) is 7.40.